The molecule has 204 valence electrons. The van der Waals surface area contributed by atoms with E-state index in [0.717, 1.165) is 10.5 Å². The number of ether oxygens (including phenoxy) is 4. The Morgan fingerprint density at radius 1 is 0.750 bits per heavy atom. The van der Waals surface area contributed by atoms with E-state index >= 15 is 0 Å². The Morgan fingerprint density at radius 3 is 2.27 bits per heavy atom. The van der Waals surface area contributed by atoms with E-state index < -0.39 is 5.25 Å². The van der Waals surface area contributed by atoms with Gasteiger partial charge in [0.15, 0.2) is 23.0 Å². The van der Waals surface area contributed by atoms with Gasteiger partial charge < -0.3 is 29.6 Å². The van der Waals surface area contributed by atoms with Gasteiger partial charge in [0.25, 0.3) is 5.91 Å². The van der Waals surface area contributed by atoms with Gasteiger partial charge in [-0.2, -0.15) is 0 Å². The van der Waals surface area contributed by atoms with Crippen molar-refractivity contribution in [2.75, 3.05) is 38.1 Å². The lowest BCUT2D eigenvalue weighted by Crippen LogP contribution is -2.20. The molecule has 8 nitrogen and oxygen atoms in total. The number of carbonyl (C=O) groups is 2. The Labute approximate surface area is 236 Å². The number of hydrogen-bond acceptors (Lipinski definition) is 7. The van der Waals surface area contributed by atoms with Crippen molar-refractivity contribution in [3.05, 3.63) is 102 Å². The summed E-state index contributed by atoms with van der Waals surface area (Å²) in [5.41, 5.74) is 2.49. The van der Waals surface area contributed by atoms with Crippen molar-refractivity contribution in [3.8, 4) is 23.0 Å². The van der Waals surface area contributed by atoms with Crippen LogP contribution in [0.4, 0.5) is 11.4 Å². The lowest BCUT2D eigenvalue weighted by molar-refractivity contribution is -0.115. The molecule has 2 N–H and O–H groups in total. The van der Waals surface area contributed by atoms with Crippen LogP contribution < -0.4 is 29.6 Å². The zero-order chi connectivity index (χ0) is 27.9. The molecule has 0 spiro atoms. The Bertz CT molecular complexity index is 1510. The molecule has 0 saturated carbocycles. The molecule has 0 fully saturated rings. The number of hydrogen-bond donors (Lipinski definition) is 2. The maximum atomic E-state index is 13.6. The largest absolute Gasteiger partial charge is 0.493 e. The highest BCUT2D eigenvalue weighted by Crippen LogP contribution is 2.38. The van der Waals surface area contributed by atoms with Crippen molar-refractivity contribution in [2.24, 2.45) is 0 Å². The molecule has 0 aromatic heterocycles. The van der Waals surface area contributed by atoms with Crippen molar-refractivity contribution in [1.82, 2.24) is 0 Å². The number of benzene rings is 4. The maximum absolute atomic E-state index is 13.6. The number of methoxy groups -OCH3 is 2. The lowest BCUT2D eigenvalue weighted by atomic mass is 10.1. The third-order valence-corrected chi connectivity index (χ3v) is 7.39. The molecule has 1 aliphatic heterocycles. The second kappa shape index (κ2) is 12.5. The standard InChI is InChI=1S/C31H28N2O6S/c1-36-25-13-11-21(17-27(25)37-2)30(34)32-22-9-6-10-24(18-22)40-29(20-7-4-3-5-8-20)31(35)33-23-12-14-26-28(19-23)39-16-15-38-26/h3-14,17-19,29H,15-16H2,1-2H3,(H,32,34)(H,33,35). The van der Waals surface area contributed by atoms with Gasteiger partial charge in [-0.15, -0.1) is 11.8 Å². The Hall–Kier alpha value is -4.63. The molecule has 0 radical (unpaired) electrons. The minimum Gasteiger partial charge on any atom is -0.493 e. The summed E-state index contributed by atoms with van der Waals surface area (Å²) in [5.74, 6) is 1.79. The van der Waals surface area contributed by atoms with Crippen LogP contribution in [0, 0.1) is 0 Å². The van der Waals surface area contributed by atoms with Gasteiger partial charge in [0.05, 0.1) is 14.2 Å². The fourth-order valence-electron chi connectivity index (χ4n) is 4.19. The summed E-state index contributed by atoms with van der Waals surface area (Å²) in [5, 5.41) is 5.39. The normalized spacial score (nSPS) is 12.7. The first-order chi connectivity index (χ1) is 19.5. The first-order valence-electron chi connectivity index (χ1n) is 12.6. The molecule has 4 aromatic rings. The van der Waals surface area contributed by atoms with Crippen molar-refractivity contribution in [3.63, 3.8) is 0 Å². The Morgan fingerprint density at radius 2 is 1.50 bits per heavy atom. The molecule has 1 atom stereocenters. The van der Waals surface area contributed by atoms with Crippen molar-refractivity contribution < 1.29 is 28.5 Å². The number of anilines is 2. The summed E-state index contributed by atoms with van der Waals surface area (Å²) < 4.78 is 21.8. The predicted octanol–water partition coefficient (Wildman–Crippen LogP) is 6.20. The van der Waals surface area contributed by atoms with Crippen LogP contribution in [0.1, 0.15) is 21.2 Å². The second-order valence-corrected chi connectivity index (χ2v) is 9.99. The molecule has 0 aliphatic carbocycles. The van der Waals surface area contributed by atoms with Gasteiger partial charge in [0, 0.05) is 27.9 Å². The summed E-state index contributed by atoms with van der Waals surface area (Å²) in [7, 11) is 3.06. The summed E-state index contributed by atoms with van der Waals surface area (Å²) in [6.07, 6.45) is 0. The summed E-state index contributed by atoms with van der Waals surface area (Å²) in [6, 6.07) is 27.3. The molecule has 0 saturated heterocycles. The summed E-state index contributed by atoms with van der Waals surface area (Å²) in [6.45, 7) is 0.963. The van der Waals surface area contributed by atoms with Crippen molar-refractivity contribution >= 4 is 35.0 Å². The number of carbonyl (C=O) groups excluding carboxylic acids is 2. The van der Waals surface area contributed by atoms with Gasteiger partial charge in [-0.25, -0.2) is 0 Å². The van der Waals surface area contributed by atoms with Gasteiger partial charge in [-0.05, 0) is 54.1 Å². The van der Waals surface area contributed by atoms with Gasteiger partial charge in [-0.3, -0.25) is 9.59 Å². The second-order valence-electron chi connectivity index (χ2n) is 8.81. The molecule has 40 heavy (non-hydrogen) atoms. The highest BCUT2D eigenvalue weighted by atomic mass is 32.2. The lowest BCUT2D eigenvalue weighted by Gasteiger charge is -2.20. The van der Waals surface area contributed by atoms with Crippen molar-refractivity contribution in [2.45, 2.75) is 10.1 Å². The molecular formula is C31H28N2O6S. The van der Waals surface area contributed by atoms with Crippen LogP contribution in [0.2, 0.25) is 0 Å². The smallest absolute Gasteiger partial charge is 0.255 e. The van der Waals surface area contributed by atoms with Crippen LogP contribution in [0.3, 0.4) is 0 Å². The van der Waals surface area contributed by atoms with E-state index in [9.17, 15) is 9.59 Å². The fraction of sp³-hybridized carbons (Fsp3) is 0.161. The third kappa shape index (κ3) is 6.32. The maximum Gasteiger partial charge on any atom is 0.255 e. The average Bonchev–Trinajstić information content (AvgIpc) is 3.00. The highest BCUT2D eigenvalue weighted by molar-refractivity contribution is 8.00. The molecule has 0 bridgehead atoms. The van der Waals surface area contributed by atoms with E-state index in [2.05, 4.69) is 10.6 Å². The minimum absolute atomic E-state index is 0.187. The van der Waals surface area contributed by atoms with Crippen molar-refractivity contribution in [1.29, 1.82) is 0 Å². The number of rotatable bonds is 9. The SMILES string of the molecule is COc1ccc(C(=O)Nc2cccc(SC(C(=O)Nc3ccc4c(c3)OCCO4)c3ccccc3)c2)cc1OC. The zero-order valence-corrected chi connectivity index (χ0v) is 22.8. The minimum atomic E-state index is -0.550. The van der Waals surface area contributed by atoms with E-state index in [1.54, 1.807) is 49.6 Å². The fourth-order valence-corrected chi connectivity index (χ4v) is 5.28. The monoisotopic (exact) mass is 556 g/mol. The van der Waals surface area contributed by atoms with E-state index in [1.165, 1.54) is 18.9 Å². The van der Waals surface area contributed by atoms with Gasteiger partial charge in [-0.1, -0.05) is 36.4 Å². The van der Waals surface area contributed by atoms with Gasteiger partial charge in [0.1, 0.15) is 18.5 Å². The highest BCUT2D eigenvalue weighted by Gasteiger charge is 2.23. The quantitative estimate of drug-likeness (QED) is 0.237. The molecular weight excluding hydrogens is 528 g/mol. The molecule has 5 rings (SSSR count). The van der Waals surface area contributed by atoms with Crippen LogP contribution >= 0.6 is 11.8 Å². The predicted molar refractivity (Wildman–Crippen MR) is 155 cm³/mol. The van der Waals surface area contributed by atoms with E-state index in [4.69, 9.17) is 18.9 Å². The van der Waals surface area contributed by atoms with Crippen LogP contribution in [0.5, 0.6) is 23.0 Å². The van der Waals surface area contributed by atoms with Crippen LogP contribution in [-0.4, -0.2) is 39.2 Å². The first-order valence-corrected chi connectivity index (χ1v) is 13.5. The average molecular weight is 557 g/mol. The topological polar surface area (TPSA) is 95.1 Å². The summed E-state index contributed by atoms with van der Waals surface area (Å²) >= 11 is 1.39. The number of thioether (sulfide) groups is 1. The zero-order valence-electron chi connectivity index (χ0n) is 22.0. The number of fused-ring (bicyclic) bond motifs is 1. The summed E-state index contributed by atoms with van der Waals surface area (Å²) in [4.78, 5) is 27.3. The van der Waals surface area contributed by atoms with Gasteiger partial charge in [0.2, 0.25) is 5.91 Å². The molecule has 9 heteroatoms. The van der Waals surface area contributed by atoms with Crippen LogP contribution in [-0.2, 0) is 4.79 Å². The Balaban J connectivity index is 1.33. The molecule has 4 aromatic carbocycles. The number of amides is 2. The first kappa shape index (κ1) is 27.0. The molecule has 1 heterocycles. The molecule has 1 unspecified atom stereocenters. The Kier molecular flexibility index (Phi) is 8.41. The van der Waals surface area contributed by atoms with E-state index in [0.29, 0.717) is 53.2 Å². The van der Waals surface area contributed by atoms with E-state index in [-0.39, 0.29) is 11.8 Å². The molecule has 2 amide bonds. The third-order valence-electron chi connectivity index (χ3n) is 6.14. The van der Waals surface area contributed by atoms with Gasteiger partial charge >= 0.3 is 0 Å². The van der Waals surface area contributed by atoms with Crippen LogP contribution in [0.15, 0.2) is 95.9 Å². The molecule has 1 aliphatic rings. The van der Waals surface area contributed by atoms with Crippen LogP contribution in [0.25, 0.3) is 0 Å². The number of nitrogens with one attached hydrogen (secondary N) is 2. The van der Waals surface area contributed by atoms with E-state index in [1.807, 2.05) is 48.5 Å².